The third-order valence-electron chi connectivity index (χ3n) is 3.82. The number of rotatable bonds is 4. The molecule has 0 unspecified atom stereocenters. The Bertz CT molecular complexity index is 639. The average Bonchev–Trinajstić information content (AvgIpc) is 3.15. The second-order valence-electron chi connectivity index (χ2n) is 5.25. The van der Waals surface area contributed by atoms with E-state index in [1.165, 1.54) is 24.2 Å². The lowest BCUT2D eigenvalue weighted by molar-refractivity contribution is 0.248. The van der Waals surface area contributed by atoms with Crippen LogP contribution in [0.4, 0.5) is 9.93 Å². The number of benzene rings is 1. The van der Waals surface area contributed by atoms with E-state index in [2.05, 4.69) is 15.6 Å². The molecule has 0 bridgehead atoms. The van der Waals surface area contributed by atoms with Crippen molar-refractivity contribution in [2.45, 2.75) is 31.7 Å². The van der Waals surface area contributed by atoms with Gasteiger partial charge in [-0.15, -0.1) is 0 Å². The first-order chi connectivity index (χ1) is 10.7. The van der Waals surface area contributed by atoms with Crippen molar-refractivity contribution in [1.82, 2.24) is 10.3 Å². The van der Waals surface area contributed by atoms with Crippen LogP contribution in [0.5, 0.6) is 11.5 Å². The SMILES string of the molecule is COc1ccc(OC)c2sc(NC(=O)NC3CCCC3)nc12. The molecule has 3 rings (SSSR count). The van der Waals surface area contributed by atoms with Gasteiger partial charge in [0.1, 0.15) is 21.7 Å². The molecular weight excluding hydrogens is 302 g/mol. The molecule has 7 heteroatoms. The molecule has 1 aliphatic rings. The third-order valence-corrected chi connectivity index (χ3v) is 4.81. The zero-order chi connectivity index (χ0) is 15.5. The molecule has 6 nitrogen and oxygen atoms in total. The van der Waals surface area contributed by atoms with Gasteiger partial charge in [-0.25, -0.2) is 9.78 Å². The minimum absolute atomic E-state index is 0.205. The summed E-state index contributed by atoms with van der Waals surface area (Å²) in [7, 11) is 3.21. The number of anilines is 1. The maximum atomic E-state index is 12.0. The van der Waals surface area contributed by atoms with Crippen molar-refractivity contribution in [2.75, 3.05) is 19.5 Å². The van der Waals surface area contributed by atoms with Crippen molar-refractivity contribution < 1.29 is 14.3 Å². The molecule has 1 saturated carbocycles. The Morgan fingerprint density at radius 3 is 2.59 bits per heavy atom. The van der Waals surface area contributed by atoms with E-state index in [1.807, 2.05) is 12.1 Å². The number of carbonyl (C=O) groups excluding carboxylic acids is 1. The summed E-state index contributed by atoms with van der Waals surface area (Å²) < 4.78 is 11.5. The monoisotopic (exact) mass is 321 g/mol. The highest BCUT2D eigenvalue weighted by Gasteiger charge is 2.19. The van der Waals surface area contributed by atoms with Crippen molar-refractivity contribution in [1.29, 1.82) is 0 Å². The molecule has 2 N–H and O–H groups in total. The first-order valence-electron chi connectivity index (χ1n) is 7.30. The Labute approximate surface area is 132 Å². The van der Waals surface area contributed by atoms with Gasteiger partial charge >= 0.3 is 6.03 Å². The van der Waals surface area contributed by atoms with Gasteiger partial charge in [0.15, 0.2) is 5.13 Å². The number of hydrogen-bond donors (Lipinski definition) is 2. The summed E-state index contributed by atoms with van der Waals surface area (Å²) in [6, 6.07) is 3.72. The van der Waals surface area contributed by atoms with Crippen LogP contribution in [0.1, 0.15) is 25.7 Å². The molecule has 0 radical (unpaired) electrons. The van der Waals surface area contributed by atoms with Gasteiger partial charge < -0.3 is 14.8 Å². The molecule has 1 aliphatic carbocycles. The fourth-order valence-corrected chi connectivity index (χ4v) is 3.70. The van der Waals surface area contributed by atoms with E-state index >= 15 is 0 Å². The lowest BCUT2D eigenvalue weighted by Gasteiger charge is -2.11. The third kappa shape index (κ3) is 2.94. The second kappa shape index (κ2) is 6.39. The van der Waals surface area contributed by atoms with Crippen LogP contribution in [0.3, 0.4) is 0 Å². The van der Waals surface area contributed by atoms with Crippen LogP contribution in [0, 0.1) is 0 Å². The van der Waals surface area contributed by atoms with E-state index in [-0.39, 0.29) is 12.1 Å². The van der Waals surface area contributed by atoms with Gasteiger partial charge in [-0.2, -0.15) is 0 Å². The minimum Gasteiger partial charge on any atom is -0.495 e. The Balaban J connectivity index is 1.80. The number of amides is 2. The Morgan fingerprint density at radius 2 is 1.91 bits per heavy atom. The maximum Gasteiger partial charge on any atom is 0.321 e. The molecule has 1 aromatic heterocycles. The summed E-state index contributed by atoms with van der Waals surface area (Å²) in [6.45, 7) is 0. The number of thiazole rings is 1. The fourth-order valence-electron chi connectivity index (χ4n) is 2.73. The zero-order valence-electron chi connectivity index (χ0n) is 12.6. The zero-order valence-corrected chi connectivity index (χ0v) is 13.5. The van der Waals surface area contributed by atoms with Crippen molar-refractivity contribution in [3.05, 3.63) is 12.1 Å². The number of nitrogens with zero attached hydrogens (tertiary/aromatic N) is 1. The van der Waals surface area contributed by atoms with E-state index in [0.717, 1.165) is 23.3 Å². The molecule has 118 valence electrons. The molecule has 1 aromatic carbocycles. The summed E-state index contributed by atoms with van der Waals surface area (Å²) in [6.07, 6.45) is 4.46. The number of ether oxygens (including phenoxy) is 2. The maximum absolute atomic E-state index is 12.0. The number of nitrogens with one attached hydrogen (secondary N) is 2. The van der Waals surface area contributed by atoms with Crippen molar-refractivity contribution in [3.8, 4) is 11.5 Å². The largest absolute Gasteiger partial charge is 0.495 e. The Hall–Kier alpha value is -2.02. The van der Waals surface area contributed by atoms with E-state index in [1.54, 1.807) is 14.2 Å². The van der Waals surface area contributed by atoms with Crippen molar-refractivity contribution in [2.24, 2.45) is 0 Å². The van der Waals surface area contributed by atoms with Crippen LogP contribution < -0.4 is 20.1 Å². The van der Waals surface area contributed by atoms with Crippen LogP contribution in [-0.2, 0) is 0 Å². The molecule has 2 amide bonds. The summed E-state index contributed by atoms with van der Waals surface area (Å²) in [5.41, 5.74) is 0.697. The van der Waals surface area contributed by atoms with Gasteiger partial charge in [0, 0.05) is 6.04 Å². The molecule has 0 saturated heterocycles. The van der Waals surface area contributed by atoms with Crippen molar-refractivity contribution >= 4 is 32.7 Å². The number of fused-ring (bicyclic) bond motifs is 1. The topological polar surface area (TPSA) is 72.5 Å². The van der Waals surface area contributed by atoms with Gasteiger partial charge in [-0.05, 0) is 25.0 Å². The fraction of sp³-hybridized carbons (Fsp3) is 0.467. The van der Waals surface area contributed by atoms with E-state index in [0.29, 0.717) is 16.4 Å². The van der Waals surface area contributed by atoms with Crippen LogP contribution in [0.2, 0.25) is 0 Å². The Morgan fingerprint density at radius 1 is 1.23 bits per heavy atom. The van der Waals surface area contributed by atoms with E-state index in [4.69, 9.17) is 9.47 Å². The van der Waals surface area contributed by atoms with Gasteiger partial charge in [0.25, 0.3) is 0 Å². The quantitative estimate of drug-likeness (QED) is 0.905. The molecule has 1 heterocycles. The lowest BCUT2D eigenvalue weighted by Crippen LogP contribution is -2.36. The smallest absolute Gasteiger partial charge is 0.321 e. The second-order valence-corrected chi connectivity index (χ2v) is 6.25. The van der Waals surface area contributed by atoms with E-state index < -0.39 is 0 Å². The molecule has 0 spiro atoms. The van der Waals surface area contributed by atoms with Gasteiger partial charge in [-0.3, -0.25) is 5.32 Å². The highest BCUT2D eigenvalue weighted by atomic mass is 32.1. The van der Waals surface area contributed by atoms with Gasteiger partial charge in [0.05, 0.1) is 14.2 Å². The number of hydrogen-bond acceptors (Lipinski definition) is 5. The summed E-state index contributed by atoms with van der Waals surface area (Å²) in [5, 5.41) is 6.33. The number of methoxy groups -OCH3 is 2. The predicted molar refractivity (Wildman–Crippen MR) is 87.1 cm³/mol. The van der Waals surface area contributed by atoms with Crippen LogP contribution >= 0.6 is 11.3 Å². The van der Waals surface area contributed by atoms with Gasteiger partial charge in [0.2, 0.25) is 0 Å². The molecule has 0 aliphatic heterocycles. The Kier molecular flexibility index (Phi) is 4.33. The summed E-state index contributed by atoms with van der Waals surface area (Å²) in [5.74, 6) is 1.38. The first-order valence-corrected chi connectivity index (χ1v) is 8.12. The normalized spacial score (nSPS) is 15.0. The first kappa shape index (κ1) is 14.9. The molecule has 0 atom stereocenters. The molecule has 22 heavy (non-hydrogen) atoms. The standard InChI is InChI=1S/C15H19N3O3S/c1-20-10-7-8-11(21-2)13-12(10)17-15(22-13)18-14(19)16-9-5-3-4-6-9/h7-9H,3-6H2,1-2H3,(H2,16,17,18,19). The van der Waals surface area contributed by atoms with Crippen molar-refractivity contribution in [3.63, 3.8) is 0 Å². The van der Waals surface area contributed by atoms with Gasteiger partial charge in [-0.1, -0.05) is 24.2 Å². The molecular formula is C15H19N3O3S. The van der Waals surface area contributed by atoms with Crippen LogP contribution in [0.25, 0.3) is 10.2 Å². The molecule has 1 fully saturated rings. The summed E-state index contributed by atoms with van der Waals surface area (Å²) in [4.78, 5) is 16.5. The van der Waals surface area contributed by atoms with E-state index in [9.17, 15) is 4.79 Å². The summed E-state index contributed by atoms with van der Waals surface area (Å²) >= 11 is 1.38. The highest BCUT2D eigenvalue weighted by Crippen LogP contribution is 2.38. The van der Waals surface area contributed by atoms with Crippen LogP contribution in [0.15, 0.2) is 12.1 Å². The average molecular weight is 321 g/mol. The lowest BCUT2D eigenvalue weighted by atomic mass is 10.3. The van der Waals surface area contributed by atoms with Crippen LogP contribution in [-0.4, -0.2) is 31.3 Å². The number of urea groups is 1. The predicted octanol–water partition coefficient (Wildman–Crippen LogP) is 3.38. The number of aromatic nitrogens is 1. The molecule has 2 aromatic rings. The number of carbonyl (C=O) groups is 1. The minimum atomic E-state index is -0.205. The highest BCUT2D eigenvalue weighted by molar-refractivity contribution is 7.22.